The molecule has 3 amide bonds. The van der Waals surface area contributed by atoms with Crippen LogP contribution < -0.4 is 16.0 Å². The molecule has 3 N–H and O–H groups in total. The van der Waals surface area contributed by atoms with Crippen molar-refractivity contribution >= 4 is 71.7 Å². The molecule has 20 nitrogen and oxygen atoms in total. The number of aryl methyl sites for hydroxylation is 2. The van der Waals surface area contributed by atoms with Gasteiger partial charge in [-0.05, 0) is 120 Å². The maximum atomic E-state index is 13.6. The van der Waals surface area contributed by atoms with Crippen molar-refractivity contribution in [2.45, 2.75) is 87.8 Å². The largest absolute Gasteiger partial charge is 0.444 e. The molecule has 12 rings (SSSR count). The van der Waals surface area contributed by atoms with E-state index in [1.54, 1.807) is 94.8 Å². The van der Waals surface area contributed by atoms with Crippen LogP contribution in [0.25, 0.3) is 44.3 Å². The number of amides is 3. The Hall–Kier alpha value is -7.69. The zero-order chi connectivity index (χ0) is 52.6. The van der Waals surface area contributed by atoms with Crippen molar-refractivity contribution in [2.24, 2.45) is 11.8 Å². The van der Waals surface area contributed by atoms with Crippen molar-refractivity contribution in [1.29, 1.82) is 0 Å². The zero-order valence-corrected chi connectivity index (χ0v) is 43.6. The van der Waals surface area contributed by atoms with E-state index in [0.717, 1.165) is 70.6 Å². The van der Waals surface area contributed by atoms with Crippen LogP contribution in [0, 0.1) is 25.7 Å². The number of fused-ring (bicyclic) bond motifs is 2. The molecule has 75 heavy (non-hydrogen) atoms. The summed E-state index contributed by atoms with van der Waals surface area (Å²) in [5.41, 5.74) is 4.87. The lowest BCUT2D eigenvalue weighted by molar-refractivity contribution is -0.118. The van der Waals surface area contributed by atoms with Crippen LogP contribution in [0.3, 0.4) is 0 Å². The van der Waals surface area contributed by atoms with Gasteiger partial charge in [0.05, 0.1) is 34.3 Å². The summed E-state index contributed by atoms with van der Waals surface area (Å²) in [7, 11) is -7.82. The van der Waals surface area contributed by atoms with Gasteiger partial charge in [0.2, 0.25) is 11.8 Å². The molecule has 8 heterocycles. The number of carbonyl (C=O) groups excluding carboxylic acids is 3. The summed E-state index contributed by atoms with van der Waals surface area (Å²) in [4.78, 5) is 48.5. The topological polar surface area (TPSA) is 239 Å². The molecule has 0 bridgehead atoms. The van der Waals surface area contributed by atoms with E-state index in [1.807, 2.05) is 51.7 Å². The molecule has 2 aliphatic heterocycles. The first kappa shape index (κ1) is 49.5. The van der Waals surface area contributed by atoms with Gasteiger partial charge in [-0.2, -0.15) is 10.2 Å². The van der Waals surface area contributed by atoms with Crippen LogP contribution in [-0.4, -0.2) is 109 Å². The van der Waals surface area contributed by atoms with Crippen LogP contribution >= 0.6 is 0 Å². The Kier molecular flexibility index (Phi) is 12.5. The summed E-state index contributed by atoms with van der Waals surface area (Å²) in [6.07, 6.45) is 13.3. The number of nitrogens with zero attached hydrogens (tertiary/aromatic N) is 9. The van der Waals surface area contributed by atoms with E-state index in [2.05, 4.69) is 36.1 Å². The molecule has 2 aliphatic carbocycles. The van der Waals surface area contributed by atoms with E-state index in [1.165, 1.54) is 16.4 Å². The number of anilines is 2. The van der Waals surface area contributed by atoms with Gasteiger partial charge in [0.25, 0.3) is 20.0 Å². The van der Waals surface area contributed by atoms with E-state index in [4.69, 9.17) is 4.74 Å². The first-order valence-corrected chi connectivity index (χ1v) is 27.8. The molecule has 0 spiro atoms. The number of carbonyl (C=O) groups is 3. The van der Waals surface area contributed by atoms with Gasteiger partial charge in [0, 0.05) is 84.7 Å². The van der Waals surface area contributed by atoms with Crippen LogP contribution in [0.4, 0.5) is 16.4 Å². The number of benzene rings is 2. The van der Waals surface area contributed by atoms with Crippen molar-refractivity contribution in [3.05, 3.63) is 121 Å². The predicted molar refractivity (Wildman–Crippen MR) is 281 cm³/mol. The molecule has 0 radical (unpaired) electrons. The number of aromatic nitrogens is 8. The Morgan fingerprint density at radius 3 is 1.44 bits per heavy atom. The minimum absolute atomic E-state index is 0.00195. The molecular formula is C53H56N12O8S2. The number of rotatable bonds is 12. The van der Waals surface area contributed by atoms with E-state index < -0.39 is 25.6 Å². The predicted octanol–water partition coefficient (Wildman–Crippen LogP) is 7.52. The normalized spacial score (nSPS) is 16.3. The second-order valence-corrected chi connectivity index (χ2v) is 24.4. The van der Waals surface area contributed by atoms with Gasteiger partial charge >= 0.3 is 6.09 Å². The van der Waals surface area contributed by atoms with Gasteiger partial charge in [-0.15, -0.1) is 0 Å². The molecule has 0 unspecified atom stereocenters. The molecule has 8 aromatic rings. The van der Waals surface area contributed by atoms with Gasteiger partial charge in [0.15, 0.2) is 11.3 Å². The van der Waals surface area contributed by atoms with Gasteiger partial charge < -0.3 is 25.6 Å². The van der Waals surface area contributed by atoms with Crippen molar-refractivity contribution in [2.75, 3.05) is 36.8 Å². The molecule has 2 aromatic carbocycles. The summed E-state index contributed by atoms with van der Waals surface area (Å²) in [6, 6.07) is 20.6. The quantitative estimate of drug-likeness (QED) is 0.107. The van der Waals surface area contributed by atoms with Gasteiger partial charge in [0.1, 0.15) is 17.2 Å². The Balaban J connectivity index is 0.000000163. The first-order chi connectivity index (χ1) is 35.8. The number of hydrogen-bond acceptors (Lipinski definition) is 13. The Morgan fingerprint density at radius 1 is 0.627 bits per heavy atom. The fourth-order valence-corrected chi connectivity index (χ4v) is 11.5. The van der Waals surface area contributed by atoms with E-state index in [9.17, 15) is 31.2 Å². The van der Waals surface area contributed by atoms with Gasteiger partial charge in [-0.1, -0.05) is 35.4 Å². The fraction of sp³-hybridized carbons (Fsp3) is 0.340. The highest BCUT2D eigenvalue weighted by Gasteiger charge is 2.36. The molecule has 6 aromatic heterocycles. The SMILES string of the molecule is Cc1ccc(S(=O)(=O)n2ccc3c(-c4cnn(C5CN(C(=O)OC(C)(C)C)C5)c4)cc(NC(=O)C4CC4)nc32)cc1.Cc1ccc(S(=O)(=O)n2ccc3c(-c4cnn(C5CNC5)c4)cc(NC(=O)C4CC4)nc32)cc1. The number of hydrogen-bond donors (Lipinski definition) is 3. The van der Waals surface area contributed by atoms with Crippen molar-refractivity contribution < 1.29 is 36.0 Å². The summed E-state index contributed by atoms with van der Waals surface area (Å²) in [5, 5.41) is 19.3. The van der Waals surface area contributed by atoms with Crippen LogP contribution in [0.15, 0.2) is 120 Å². The maximum absolute atomic E-state index is 13.6. The highest BCUT2D eigenvalue weighted by molar-refractivity contribution is 7.90. The monoisotopic (exact) mass is 1050 g/mol. The van der Waals surface area contributed by atoms with Crippen LogP contribution in [0.1, 0.15) is 69.7 Å². The lowest BCUT2D eigenvalue weighted by atomic mass is 10.1. The third-order valence-electron chi connectivity index (χ3n) is 13.6. The Bertz CT molecular complexity index is 3760. The molecule has 388 valence electrons. The molecule has 22 heteroatoms. The molecule has 2 saturated carbocycles. The van der Waals surface area contributed by atoms with Gasteiger partial charge in [-0.3, -0.25) is 19.0 Å². The Labute approximate surface area is 433 Å². The Morgan fingerprint density at radius 2 is 1.05 bits per heavy atom. The van der Waals surface area contributed by atoms with Gasteiger partial charge in [-0.25, -0.2) is 39.5 Å². The summed E-state index contributed by atoms with van der Waals surface area (Å²) < 4.78 is 65.7. The maximum Gasteiger partial charge on any atom is 0.410 e. The van der Waals surface area contributed by atoms with Crippen LogP contribution in [0.5, 0.6) is 0 Å². The minimum Gasteiger partial charge on any atom is -0.444 e. The van der Waals surface area contributed by atoms with Crippen molar-refractivity contribution in [1.82, 2.24) is 47.7 Å². The zero-order valence-electron chi connectivity index (χ0n) is 42.0. The second-order valence-electron chi connectivity index (χ2n) is 20.7. The number of pyridine rings is 2. The van der Waals surface area contributed by atoms with E-state index >= 15 is 0 Å². The number of likely N-dealkylation sites (tertiary alicyclic amines) is 1. The standard InChI is InChI=1S/C29H32N6O5S.C24H24N6O3S/c1-18-5-9-22(10-6-18)41(38,39)35-12-11-23-24(13-25(31-26(23)35)32-27(36)19-7-8-19)20-14-30-34(15-20)21-16-33(17-21)28(37)40-29(2,3)4;1-15-2-6-19(7-3-15)34(32,33)30-9-8-20-21(17-11-26-29(14-17)18-12-25-13-18)10-22(27-23(20)30)28-24(31)16-4-5-16/h5-6,9-15,19,21H,7-8,16-17H2,1-4H3,(H,31,32,36);2-3,6-11,14,16,18,25H,4-5,12-13H2,1H3,(H,27,28,31). The van der Waals surface area contributed by atoms with Crippen LogP contribution in [-0.2, 0) is 34.4 Å². The number of nitrogens with one attached hydrogen (secondary N) is 3. The third kappa shape index (κ3) is 10.0. The lowest BCUT2D eigenvalue weighted by Gasteiger charge is -2.39. The smallest absolute Gasteiger partial charge is 0.410 e. The average molecular weight is 1050 g/mol. The third-order valence-corrected chi connectivity index (χ3v) is 17.0. The molecule has 0 atom stereocenters. The van der Waals surface area contributed by atoms with Crippen molar-refractivity contribution in [3.63, 3.8) is 0 Å². The summed E-state index contributed by atoms with van der Waals surface area (Å²) in [6.45, 7) is 12.0. The first-order valence-electron chi connectivity index (χ1n) is 24.9. The van der Waals surface area contributed by atoms with Crippen molar-refractivity contribution in [3.8, 4) is 22.3 Å². The fourth-order valence-electron chi connectivity index (χ4n) is 8.87. The highest BCUT2D eigenvalue weighted by atomic mass is 32.2. The molecule has 4 aliphatic rings. The number of ether oxygens (including phenoxy) is 1. The van der Waals surface area contributed by atoms with E-state index in [-0.39, 0.29) is 62.7 Å². The molecular weight excluding hydrogens is 997 g/mol. The second kappa shape index (κ2) is 18.9. The van der Waals surface area contributed by atoms with Crippen LogP contribution in [0.2, 0.25) is 0 Å². The average Bonchev–Trinajstić information content (AvgIpc) is 4.15. The van der Waals surface area contributed by atoms with E-state index in [0.29, 0.717) is 41.3 Å². The molecule has 4 fully saturated rings. The molecule has 2 saturated heterocycles. The minimum atomic E-state index is -3.95. The summed E-state index contributed by atoms with van der Waals surface area (Å²) >= 11 is 0. The lowest BCUT2D eigenvalue weighted by Crippen LogP contribution is -2.52. The summed E-state index contributed by atoms with van der Waals surface area (Å²) in [5.74, 6) is 0.335. The highest BCUT2D eigenvalue weighted by Crippen LogP contribution is 2.37.